The number of rotatable bonds is 3. The summed E-state index contributed by atoms with van der Waals surface area (Å²) in [4.78, 5) is 2.12. The molecule has 39 heavy (non-hydrogen) atoms. The first-order valence-corrected chi connectivity index (χ1v) is 15.0. The van der Waals surface area contributed by atoms with Gasteiger partial charge in [-0.25, -0.2) is 0 Å². The second-order valence-electron chi connectivity index (χ2n) is 13.7. The molecule has 1 spiro atoms. The minimum Gasteiger partial charge on any atom is -0.385 e. The van der Waals surface area contributed by atoms with Crippen LogP contribution in [-0.4, -0.2) is 73.5 Å². The molecule has 2 heterocycles. The zero-order valence-corrected chi connectivity index (χ0v) is 24.0. The molecule has 0 aromatic heterocycles. The van der Waals surface area contributed by atoms with Gasteiger partial charge in [-0.1, -0.05) is 24.6 Å². The molecule has 1 aromatic carbocycles. The SMILES string of the molecule is CN(C)c1ccc([C@H]2C[C@@]3(C)C(CC[C@]3(O)C3(C)OCCO3)C3CC[C@@]4(O)CC5(CCC4=C32)OCCO5)cc1. The highest BCUT2D eigenvalue weighted by Crippen LogP contribution is 2.70. The summed E-state index contributed by atoms with van der Waals surface area (Å²) in [5.74, 6) is -0.896. The standard InChI is InChI=1S/C32H45NO6/c1-28-19-24(21-5-7-22(8-6-21)33(3)4)27-23(25(28)11-14-32(28,35)29(2)36-15-16-37-29)9-12-30(34)20-31(13-10-26(27)30)38-17-18-39-31/h5-8,23-25,34-35H,9-20H2,1-4H3/t23?,24-,25?,28+,30-,32-/m1/s1. The number of aliphatic hydroxyl groups is 2. The monoisotopic (exact) mass is 539 g/mol. The van der Waals surface area contributed by atoms with Crippen LogP contribution in [0.15, 0.2) is 35.4 Å². The Morgan fingerprint density at radius 3 is 2.18 bits per heavy atom. The van der Waals surface area contributed by atoms with Gasteiger partial charge in [-0.15, -0.1) is 0 Å². The third kappa shape index (κ3) is 3.63. The fourth-order valence-electron chi connectivity index (χ4n) is 9.82. The van der Waals surface area contributed by atoms with Crippen molar-refractivity contribution in [3.8, 4) is 0 Å². The topological polar surface area (TPSA) is 80.6 Å². The van der Waals surface area contributed by atoms with E-state index < -0.39 is 22.8 Å². The van der Waals surface area contributed by atoms with Gasteiger partial charge in [0.15, 0.2) is 11.6 Å². The Labute approximate surface area is 232 Å². The zero-order chi connectivity index (χ0) is 27.3. The van der Waals surface area contributed by atoms with Gasteiger partial charge in [-0.3, -0.25) is 0 Å². The third-order valence-corrected chi connectivity index (χ3v) is 11.8. The second kappa shape index (κ2) is 8.76. The molecule has 214 valence electrons. The van der Waals surface area contributed by atoms with Crippen molar-refractivity contribution in [2.75, 3.05) is 45.4 Å². The molecular weight excluding hydrogens is 494 g/mol. The van der Waals surface area contributed by atoms with Crippen molar-refractivity contribution in [3.63, 3.8) is 0 Å². The Morgan fingerprint density at radius 2 is 1.51 bits per heavy atom. The van der Waals surface area contributed by atoms with Gasteiger partial charge in [0.05, 0.1) is 32.0 Å². The molecule has 6 atom stereocenters. The van der Waals surface area contributed by atoms with Gasteiger partial charge in [-0.2, -0.15) is 0 Å². The molecule has 6 aliphatic rings. The molecule has 2 unspecified atom stereocenters. The molecule has 2 aliphatic heterocycles. The van der Waals surface area contributed by atoms with Crippen LogP contribution < -0.4 is 4.90 Å². The number of anilines is 1. The van der Waals surface area contributed by atoms with Gasteiger partial charge >= 0.3 is 0 Å². The van der Waals surface area contributed by atoms with Gasteiger partial charge < -0.3 is 34.1 Å². The largest absolute Gasteiger partial charge is 0.385 e. The summed E-state index contributed by atoms with van der Waals surface area (Å²) < 4.78 is 24.5. The Kier molecular flexibility index (Phi) is 5.94. The summed E-state index contributed by atoms with van der Waals surface area (Å²) in [6, 6.07) is 8.91. The number of benzene rings is 1. The molecule has 3 saturated carbocycles. The highest BCUT2D eigenvalue weighted by atomic mass is 16.8. The fraction of sp³-hybridized carbons (Fsp3) is 0.750. The van der Waals surface area contributed by atoms with E-state index in [4.69, 9.17) is 18.9 Å². The van der Waals surface area contributed by atoms with E-state index >= 15 is 0 Å². The number of hydrogen-bond acceptors (Lipinski definition) is 7. The second-order valence-corrected chi connectivity index (χ2v) is 13.7. The van der Waals surface area contributed by atoms with Gasteiger partial charge in [0, 0.05) is 44.0 Å². The molecule has 0 amide bonds. The molecule has 7 rings (SSSR count). The summed E-state index contributed by atoms with van der Waals surface area (Å²) in [6.07, 6.45) is 6.15. The number of fused-ring (bicyclic) bond motifs is 4. The van der Waals surface area contributed by atoms with Crippen molar-refractivity contribution < 1.29 is 29.2 Å². The minimum absolute atomic E-state index is 0.114. The summed E-state index contributed by atoms with van der Waals surface area (Å²) >= 11 is 0. The van der Waals surface area contributed by atoms with Crippen LogP contribution in [0.25, 0.3) is 0 Å². The molecule has 2 saturated heterocycles. The van der Waals surface area contributed by atoms with E-state index in [-0.39, 0.29) is 11.3 Å². The van der Waals surface area contributed by atoms with Crippen LogP contribution in [0, 0.1) is 17.3 Å². The Bertz CT molecular complexity index is 1150. The van der Waals surface area contributed by atoms with Gasteiger partial charge in [0.25, 0.3) is 0 Å². The zero-order valence-electron chi connectivity index (χ0n) is 24.0. The summed E-state index contributed by atoms with van der Waals surface area (Å²) in [5.41, 5.74) is 2.73. The lowest BCUT2D eigenvalue weighted by atomic mass is 9.49. The van der Waals surface area contributed by atoms with Crippen LogP contribution in [0.4, 0.5) is 5.69 Å². The first-order chi connectivity index (χ1) is 18.5. The van der Waals surface area contributed by atoms with Gasteiger partial charge in [0.2, 0.25) is 0 Å². The molecule has 7 heteroatoms. The highest BCUT2D eigenvalue weighted by molar-refractivity contribution is 5.50. The molecule has 1 aromatic rings. The first-order valence-electron chi connectivity index (χ1n) is 15.0. The molecule has 0 radical (unpaired) electrons. The van der Waals surface area contributed by atoms with E-state index in [2.05, 4.69) is 50.2 Å². The van der Waals surface area contributed by atoms with Crippen LogP contribution in [0.5, 0.6) is 0 Å². The molecular formula is C32H45NO6. The predicted molar refractivity (Wildman–Crippen MR) is 147 cm³/mol. The van der Waals surface area contributed by atoms with Gasteiger partial charge in [0.1, 0.15) is 5.60 Å². The first kappa shape index (κ1) is 26.4. The van der Waals surface area contributed by atoms with Crippen LogP contribution in [0.3, 0.4) is 0 Å². The lowest BCUT2D eigenvalue weighted by molar-refractivity contribution is -0.296. The Morgan fingerprint density at radius 1 is 0.846 bits per heavy atom. The van der Waals surface area contributed by atoms with Crippen molar-refractivity contribution in [2.24, 2.45) is 17.3 Å². The van der Waals surface area contributed by atoms with Crippen molar-refractivity contribution in [1.82, 2.24) is 0 Å². The maximum atomic E-state index is 12.5. The lowest BCUT2D eigenvalue weighted by Gasteiger charge is -2.59. The van der Waals surface area contributed by atoms with E-state index in [1.165, 1.54) is 22.4 Å². The number of ether oxygens (including phenoxy) is 4. The van der Waals surface area contributed by atoms with Crippen molar-refractivity contribution in [1.29, 1.82) is 0 Å². The van der Waals surface area contributed by atoms with E-state index in [1.54, 1.807) is 0 Å². The van der Waals surface area contributed by atoms with Crippen LogP contribution >= 0.6 is 0 Å². The molecule has 2 N–H and O–H groups in total. The van der Waals surface area contributed by atoms with Crippen molar-refractivity contribution >= 4 is 5.69 Å². The van der Waals surface area contributed by atoms with Gasteiger partial charge in [-0.05, 0) is 80.6 Å². The molecule has 0 bridgehead atoms. The Balaban J connectivity index is 1.35. The molecule has 7 nitrogen and oxygen atoms in total. The van der Waals surface area contributed by atoms with Crippen LogP contribution in [0.2, 0.25) is 0 Å². The van der Waals surface area contributed by atoms with Crippen molar-refractivity contribution in [3.05, 3.63) is 41.0 Å². The average Bonchev–Trinajstić information content (AvgIpc) is 3.62. The normalized spacial score (nSPS) is 42.4. The van der Waals surface area contributed by atoms with E-state index in [0.29, 0.717) is 57.5 Å². The van der Waals surface area contributed by atoms with Crippen LogP contribution in [0.1, 0.15) is 76.7 Å². The lowest BCUT2D eigenvalue weighted by Crippen LogP contribution is -2.63. The summed E-state index contributed by atoms with van der Waals surface area (Å²) in [5, 5.41) is 24.8. The van der Waals surface area contributed by atoms with Crippen molar-refractivity contribution in [2.45, 2.75) is 93.9 Å². The van der Waals surface area contributed by atoms with Crippen LogP contribution in [-0.2, 0) is 18.9 Å². The average molecular weight is 540 g/mol. The molecule has 4 aliphatic carbocycles. The molecule has 5 fully saturated rings. The summed E-state index contributed by atoms with van der Waals surface area (Å²) in [6.45, 7) is 6.49. The number of allylic oxidation sites excluding steroid dienone is 1. The minimum atomic E-state index is -1.07. The number of nitrogens with zero attached hydrogens (tertiary/aromatic N) is 1. The quantitative estimate of drug-likeness (QED) is 0.547. The summed E-state index contributed by atoms with van der Waals surface area (Å²) in [7, 11) is 4.13. The number of hydrogen-bond donors (Lipinski definition) is 2. The maximum Gasteiger partial charge on any atom is 0.195 e. The van der Waals surface area contributed by atoms with E-state index in [9.17, 15) is 10.2 Å². The third-order valence-electron chi connectivity index (χ3n) is 11.8. The van der Waals surface area contributed by atoms with E-state index in [1.807, 2.05) is 6.92 Å². The van der Waals surface area contributed by atoms with E-state index in [0.717, 1.165) is 32.1 Å². The predicted octanol–water partition coefficient (Wildman–Crippen LogP) is 4.52. The smallest absolute Gasteiger partial charge is 0.195 e. The maximum absolute atomic E-state index is 12.5. The Hall–Kier alpha value is -1.48. The fourth-order valence-corrected chi connectivity index (χ4v) is 9.82. The highest BCUT2D eigenvalue weighted by Gasteiger charge is 2.71.